The van der Waals surface area contributed by atoms with E-state index in [9.17, 15) is 0 Å². The second-order valence-corrected chi connectivity index (χ2v) is 9.00. The molecule has 2 aliphatic heterocycles. The van der Waals surface area contributed by atoms with Crippen LogP contribution < -0.4 is 20.4 Å². The fraction of sp³-hybridized carbons (Fsp3) is 0.750. The lowest BCUT2D eigenvalue weighted by Gasteiger charge is -2.36. The van der Waals surface area contributed by atoms with Gasteiger partial charge in [-0.15, -0.1) is 0 Å². The first kappa shape index (κ1) is 21.0. The van der Waals surface area contributed by atoms with Crippen molar-refractivity contribution < 1.29 is 4.74 Å². The number of morpholine rings is 1. The van der Waals surface area contributed by atoms with E-state index in [2.05, 4.69) is 54.2 Å². The molecule has 0 radical (unpaired) electrons. The highest BCUT2D eigenvalue weighted by molar-refractivity contribution is 7.80. The Morgan fingerprint density at radius 1 is 1.14 bits per heavy atom. The van der Waals surface area contributed by atoms with Crippen LogP contribution in [0.3, 0.4) is 0 Å². The van der Waals surface area contributed by atoms with E-state index >= 15 is 0 Å². The summed E-state index contributed by atoms with van der Waals surface area (Å²) < 4.78 is 5.50. The van der Waals surface area contributed by atoms with E-state index in [0.29, 0.717) is 28.8 Å². The van der Waals surface area contributed by atoms with Crippen LogP contribution in [0.4, 0.5) is 17.6 Å². The number of anilines is 3. The molecule has 0 unspecified atom stereocenters. The summed E-state index contributed by atoms with van der Waals surface area (Å²) in [5.41, 5.74) is 0. The second-order valence-electron chi connectivity index (χ2n) is 8.59. The lowest BCUT2D eigenvalue weighted by atomic mass is 9.92. The molecule has 156 valence electrons. The van der Waals surface area contributed by atoms with E-state index in [4.69, 9.17) is 26.9 Å². The Morgan fingerprint density at radius 2 is 1.75 bits per heavy atom. The minimum atomic E-state index is 0.521. The highest BCUT2D eigenvalue weighted by Crippen LogP contribution is 2.28. The van der Waals surface area contributed by atoms with Gasteiger partial charge in [0.25, 0.3) is 0 Å². The number of aromatic nitrogens is 2. The van der Waals surface area contributed by atoms with Crippen LogP contribution in [-0.2, 0) is 4.74 Å². The number of ether oxygens (including phenoxy) is 1. The fourth-order valence-electron chi connectivity index (χ4n) is 3.89. The van der Waals surface area contributed by atoms with Crippen molar-refractivity contribution in [2.75, 3.05) is 61.1 Å². The van der Waals surface area contributed by atoms with Gasteiger partial charge in [-0.05, 0) is 36.4 Å². The quantitative estimate of drug-likeness (QED) is 0.724. The van der Waals surface area contributed by atoms with Crippen molar-refractivity contribution in [1.82, 2.24) is 15.3 Å². The molecular formula is C20H34N6OS. The zero-order valence-electron chi connectivity index (χ0n) is 17.6. The van der Waals surface area contributed by atoms with Crippen LogP contribution in [0.5, 0.6) is 0 Å². The van der Waals surface area contributed by atoms with Crippen LogP contribution in [0.15, 0.2) is 6.07 Å². The van der Waals surface area contributed by atoms with Gasteiger partial charge in [0.2, 0.25) is 5.95 Å². The molecule has 28 heavy (non-hydrogen) atoms. The van der Waals surface area contributed by atoms with Crippen molar-refractivity contribution in [3.8, 4) is 0 Å². The molecule has 3 heterocycles. The summed E-state index contributed by atoms with van der Waals surface area (Å²) in [6.07, 6.45) is 1.27. The van der Waals surface area contributed by atoms with Crippen molar-refractivity contribution in [1.29, 1.82) is 0 Å². The molecule has 0 aliphatic carbocycles. The molecule has 2 fully saturated rings. The minimum absolute atomic E-state index is 0.521. The first-order chi connectivity index (χ1) is 13.4. The summed E-state index contributed by atoms with van der Waals surface area (Å²) in [7, 11) is 0. The van der Waals surface area contributed by atoms with E-state index in [-0.39, 0.29) is 0 Å². The van der Waals surface area contributed by atoms with E-state index in [1.54, 1.807) is 0 Å². The van der Waals surface area contributed by atoms with Gasteiger partial charge in [-0.3, -0.25) is 0 Å². The predicted molar refractivity (Wildman–Crippen MR) is 119 cm³/mol. The van der Waals surface area contributed by atoms with Gasteiger partial charge in [-0.25, -0.2) is 0 Å². The van der Waals surface area contributed by atoms with Crippen molar-refractivity contribution in [2.24, 2.45) is 17.8 Å². The molecule has 0 saturated carbocycles. The molecule has 7 nitrogen and oxygen atoms in total. The van der Waals surface area contributed by atoms with Crippen molar-refractivity contribution in [2.45, 2.75) is 34.1 Å². The van der Waals surface area contributed by atoms with Gasteiger partial charge >= 0.3 is 0 Å². The normalized spacial score (nSPS) is 23.0. The van der Waals surface area contributed by atoms with Gasteiger partial charge in [0.05, 0.1) is 13.2 Å². The summed E-state index contributed by atoms with van der Waals surface area (Å²) in [4.78, 5) is 14.2. The average molecular weight is 407 g/mol. The number of thiocarbonyl (C=S) groups is 1. The van der Waals surface area contributed by atoms with E-state index < -0.39 is 0 Å². The SMILES string of the molecule is CC(C)CNC(=S)Nc1nc(N2CCOCC2)cc(N2C[C@@H](C)C[C@H](C)C2)n1. The fourth-order valence-corrected chi connectivity index (χ4v) is 4.06. The summed E-state index contributed by atoms with van der Waals surface area (Å²) in [5.74, 6) is 4.32. The monoisotopic (exact) mass is 406 g/mol. The molecule has 1 aromatic rings. The molecule has 0 aromatic carbocycles. The van der Waals surface area contributed by atoms with Crippen LogP contribution in [0.1, 0.15) is 34.1 Å². The molecule has 2 atom stereocenters. The molecule has 0 spiro atoms. The Morgan fingerprint density at radius 3 is 2.36 bits per heavy atom. The highest BCUT2D eigenvalue weighted by Gasteiger charge is 2.25. The smallest absolute Gasteiger partial charge is 0.232 e. The summed E-state index contributed by atoms with van der Waals surface area (Å²) in [6.45, 7) is 15.0. The Labute approximate surface area is 174 Å². The zero-order chi connectivity index (χ0) is 20.1. The topological polar surface area (TPSA) is 65.6 Å². The van der Waals surface area contributed by atoms with Crippen molar-refractivity contribution >= 4 is 34.9 Å². The Balaban J connectivity index is 1.82. The maximum atomic E-state index is 5.50. The van der Waals surface area contributed by atoms with Crippen LogP contribution in [0.25, 0.3) is 0 Å². The molecule has 2 aliphatic rings. The molecule has 0 bridgehead atoms. The zero-order valence-corrected chi connectivity index (χ0v) is 18.4. The molecule has 2 N–H and O–H groups in total. The lowest BCUT2D eigenvalue weighted by molar-refractivity contribution is 0.122. The summed E-state index contributed by atoms with van der Waals surface area (Å²) in [6, 6.07) is 2.12. The molecule has 3 rings (SSSR count). The number of nitrogens with one attached hydrogen (secondary N) is 2. The number of piperidine rings is 1. The molecule has 0 amide bonds. The summed E-state index contributed by atoms with van der Waals surface area (Å²) >= 11 is 5.44. The molecule has 1 aromatic heterocycles. The lowest BCUT2D eigenvalue weighted by Crippen LogP contribution is -2.40. The molecule has 2 saturated heterocycles. The van der Waals surface area contributed by atoms with Crippen molar-refractivity contribution in [3.05, 3.63) is 6.07 Å². The Kier molecular flexibility index (Phi) is 7.29. The van der Waals surface area contributed by atoms with Crippen LogP contribution in [0, 0.1) is 17.8 Å². The third kappa shape index (κ3) is 5.91. The van der Waals surface area contributed by atoms with Gasteiger partial charge in [0, 0.05) is 38.8 Å². The highest BCUT2D eigenvalue weighted by atomic mass is 32.1. The van der Waals surface area contributed by atoms with E-state index in [0.717, 1.165) is 57.6 Å². The third-order valence-electron chi connectivity index (χ3n) is 5.12. The maximum absolute atomic E-state index is 5.50. The molecule has 8 heteroatoms. The average Bonchev–Trinajstić information content (AvgIpc) is 2.66. The number of rotatable bonds is 5. The Hall–Kier alpha value is -1.67. The first-order valence-corrected chi connectivity index (χ1v) is 10.8. The second kappa shape index (κ2) is 9.69. The number of hydrogen-bond acceptors (Lipinski definition) is 6. The van der Waals surface area contributed by atoms with Gasteiger partial charge in [0.15, 0.2) is 5.11 Å². The van der Waals surface area contributed by atoms with Gasteiger partial charge in [-0.1, -0.05) is 27.7 Å². The maximum Gasteiger partial charge on any atom is 0.232 e. The largest absolute Gasteiger partial charge is 0.378 e. The first-order valence-electron chi connectivity index (χ1n) is 10.4. The third-order valence-corrected chi connectivity index (χ3v) is 5.37. The predicted octanol–water partition coefficient (Wildman–Crippen LogP) is 2.74. The van der Waals surface area contributed by atoms with Gasteiger partial charge in [-0.2, -0.15) is 9.97 Å². The molecular weight excluding hydrogens is 372 g/mol. The van der Waals surface area contributed by atoms with Crippen LogP contribution in [0.2, 0.25) is 0 Å². The Bertz CT molecular complexity index is 654. The minimum Gasteiger partial charge on any atom is -0.378 e. The van der Waals surface area contributed by atoms with Crippen LogP contribution in [-0.4, -0.2) is 61.0 Å². The van der Waals surface area contributed by atoms with Crippen molar-refractivity contribution in [3.63, 3.8) is 0 Å². The standard InChI is InChI=1S/C20H34N6OS/c1-14(2)11-21-20(28)24-19-22-17(25-5-7-27-8-6-25)10-18(23-19)26-12-15(3)9-16(4)13-26/h10,14-16H,5-9,11-13H2,1-4H3,(H2,21,22,23,24,28)/t15-,16-/m0/s1. The number of nitrogens with zero attached hydrogens (tertiary/aromatic N) is 4. The van der Waals surface area contributed by atoms with Crippen LogP contribution >= 0.6 is 12.2 Å². The van der Waals surface area contributed by atoms with E-state index in [1.807, 2.05) is 0 Å². The number of hydrogen-bond donors (Lipinski definition) is 2. The summed E-state index contributed by atoms with van der Waals surface area (Å²) in [5, 5.41) is 7.00. The van der Waals surface area contributed by atoms with Gasteiger partial charge in [0.1, 0.15) is 11.6 Å². The van der Waals surface area contributed by atoms with Gasteiger partial charge < -0.3 is 25.2 Å². The van der Waals surface area contributed by atoms with E-state index in [1.165, 1.54) is 6.42 Å².